The Morgan fingerprint density at radius 1 is 1.47 bits per heavy atom. The maximum Gasteiger partial charge on any atom is 0.240 e. The van der Waals surface area contributed by atoms with Gasteiger partial charge < -0.3 is 20.2 Å². The van der Waals surface area contributed by atoms with Crippen LogP contribution in [0.1, 0.15) is 18.6 Å². The Hall–Kier alpha value is -1.33. The zero-order chi connectivity index (χ0) is 12.1. The smallest absolute Gasteiger partial charge is 0.240 e. The Morgan fingerprint density at radius 3 is 2.88 bits per heavy atom. The molecule has 2 heterocycles. The van der Waals surface area contributed by atoms with E-state index in [0.717, 1.165) is 5.76 Å². The van der Waals surface area contributed by atoms with Gasteiger partial charge in [0.05, 0.1) is 11.8 Å². The van der Waals surface area contributed by atoms with Gasteiger partial charge in [0.2, 0.25) is 5.91 Å². The SMILES string of the molecule is NC1(C(=O)NCCc2ccco2)CCOCC1. The molecule has 17 heavy (non-hydrogen) atoms. The number of hydrogen-bond acceptors (Lipinski definition) is 4. The van der Waals surface area contributed by atoms with Crippen LogP contribution in [0.4, 0.5) is 0 Å². The lowest BCUT2D eigenvalue weighted by molar-refractivity contribution is -0.129. The van der Waals surface area contributed by atoms with Crippen molar-refractivity contribution in [2.75, 3.05) is 19.8 Å². The van der Waals surface area contributed by atoms with Crippen molar-refractivity contribution in [2.45, 2.75) is 24.8 Å². The van der Waals surface area contributed by atoms with Gasteiger partial charge in [-0.2, -0.15) is 0 Å². The lowest BCUT2D eigenvalue weighted by Gasteiger charge is -2.31. The summed E-state index contributed by atoms with van der Waals surface area (Å²) in [5.74, 6) is 0.774. The summed E-state index contributed by atoms with van der Waals surface area (Å²) in [7, 11) is 0. The fourth-order valence-electron chi connectivity index (χ4n) is 1.89. The molecule has 0 saturated carbocycles. The lowest BCUT2D eigenvalue weighted by Crippen LogP contribution is -2.57. The first-order valence-electron chi connectivity index (χ1n) is 5.88. The third kappa shape index (κ3) is 3.08. The minimum atomic E-state index is -0.762. The quantitative estimate of drug-likeness (QED) is 0.798. The Balaban J connectivity index is 1.76. The number of amides is 1. The number of carbonyl (C=O) groups excluding carboxylic acids is 1. The zero-order valence-electron chi connectivity index (χ0n) is 9.78. The number of ether oxygens (including phenoxy) is 1. The van der Waals surface area contributed by atoms with Crippen LogP contribution in [0.3, 0.4) is 0 Å². The van der Waals surface area contributed by atoms with Gasteiger partial charge in [-0.25, -0.2) is 0 Å². The summed E-state index contributed by atoms with van der Waals surface area (Å²) in [6, 6.07) is 3.72. The first kappa shape index (κ1) is 12.1. The molecule has 94 valence electrons. The van der Waals surface area contributed by atoms with Crippen molar-refractivity contribution in [3.05, 3.63) is 24.2 Å². The number of nitrogens with one attached hydrogen (secondary N) is 1. The second kappa shape index (κ2) is 5.33. The van der Waals surface area contributed by atoms with Crippen LogP contribution in [0.5, 0.6) is 0 Å². The monoisotopic (exact) mass is 238 g/mol. The molecule has 1 fully saturated rings. The maximum absolute atomic E-state index is 11.9. The summed E-state index contributed by atoms with van der Waals surface area (Å²) in [6.45, 7) is 1.66. The molecule has 1 amide bonds. The number of hydrogen-bond donors (Lipinski definition) is 2. The Kier molecular flexibility index (Phi) is 3.81. The first-order valence-corrected chi connectivity index (χ1v) is 5.88. The van der Waals surface area contributed by atoms with Crippen LogP contribution in [0.2, 0.25) is 0 Å². The highest BCUT2D eigenvalue weighted by molar-refractivity contribution is 5.86. The summed E-state index contributed by atoms with van der Waals surface area (Å²) in [6.07, 6.45) is 3.48. The molecule has 0 atom stereocenters. The van der Waals surface area contributed by atoms with E-state index >= 15 is 0 Å². The molecular weight excluding hydrogens is 220 g/mol. The van der Waals surface area contributed by atoms with E-state index in [2.05, 4.69) is 5.32 Å². The van der Waals surface area contributed by atoms with Gasteiger partial charge in [-0.05, 0) is 25.0 Å². The van der Waals surface area contributed by atoms with Crippen molar-refractivity contribution in [1.82, 2.24) is 5.32 Å². The van der Waals surface area contributed by atoms with Gasteiger partial charge in [0.25, 0.3) is 0 Å². The van der Waals surface area contributed by atoms with Crippen molar-refractivity contribution < 1.29 is 13.9 Å². The molecule has 5 heteroatoms. The van der Waals surface area contributed by atoms with Crippen LogP contribution in [0.25, 0.3) is 0 Å². The van der Waals surface area contributed by atoms with Crippen LogP contribution in [-0.2, 0) is 16.0 Å². The van der Waals surface area contributed by atoms with Crippen LogP contribution >= 0.6 is 0 Å². The van der Waals surface area contributed by atoms with Gasteiger partial charge in [-0.3, -0.25) is 4.79 Å². The lowest BCUT2D eigenvalue weighted by atomic mass is 9.90. The van der Waals surface area contributed by atoms with Crippen molar-refractivity contribution in [3.8, 4) is 0 Å². The topological polar surface area (TPSA) is 77.5 Å². The van der Waals surface area contributed by atoms with E-state index in [1.165, 1.54) is 0 Å². The van der Waals surface area contributed by atoms with Gasteiger partial charge in [0.1, 0.15) is 5.76 Å². The third-order valence-electron chi connectivity index (χ3n) is 3.07. The molecule has 0 aromatic carbocycles. The molecule has 1 aliphatic heterocycles. The number of rotatable bonds is 4. The molecule has 5 nitrogen and oxygen atoms in total. The van der Waals surface area contributed by atoms with Gasteiger partial charge in [-0.15, -0.1) is 0 Å². The van der Waals surface area contributed by atoms with Gasteiger partial charge in [0, 0.05) is 26.2 Å². The van der Waals surface area contributed by atoms with E-state index in [1.54, 1.807) is 6.26 Å². The van der Waals surface area contributed by atoms with E-state index in [0.29, 0.717) is 39.0 Å². The van der Waals surface area contributed by atoms with Crippen LogP contribution in [0, 0.1) is 0 Å². The highest BCUT2D eigenvalue weighted by atomic mass is 16.5. The van der Waals surface area contributed by atoms with Crippen molar-refractivity contribution in [3.63, 3.8) is 0 Å². The Labute approximate surface area is 100 Å². The molecule has 2 rings (SSSR count). The van der Waals surface area contributed by atoms with Crippen molar-refractivity contribution in [1.29, 1.82) is 0 Å². The summed E-state index contributed by atoms with van der Waals surface area (Å²) in [5.41, 5.74) is 5.28. The molecule has 0 aliphatic carbocycles. The largest absolute Gasteiger partial charge is 0.469 e. The fourth-order valence-corrected chi connectivity index (χ4v) is 1.89. The van der Waals surface area contributed by atoms with Gasteiger partial charge >= 0.3 is 0 Å². The molecule has 0 radical (unpaired) electrons. The molecule has 1 aromatic heterocycles. The number of furan rings is 1. The normalized spacial score (nSPS) is 18.9. The first-order chi connectivity index (χ1) is 8.21. The van der Waals surface area contributed by atoms with Crippen LogP contribution < -0.4 is 11.1 Å². The predicted molar refractivity (Wildman–Crippen MR) is 62.4 cm³/mol. The second-order valence-corrected chi connectivity index (χ2v) is 4.35. The summed E-state index contributed by atoms with van der Waals surface area (Å²) >= 11 is 0. The van der Waals surface area contributed by atoms with E-state index in [1.807, 2.05) is 12.1 Å². The molecule has 1 aromatic rings. The van der Waals surface area contributed by atoms with E-state index in [9.17, 15) is 4.79 Å². The number of nitrogens with two attached hydrogens (primary N) is 1. The minimum Gasteiger partial charge on any atom is -0.469 e. The molecular formula is C12H18N2O3. The maximum atomic E-state index is 11.9. The van der Waals surface area contributed by atoms with Crippen molar-refractivity contribution in [2.24, 2.45) is 5.73 Å². The Morgan fingerprint density at radius 2 is 2.24 bits per heavy atom. The second-order valence-electron chi connectivity index (χ2n) is 4.35. The predicted octanol–water partition coefficient (Wildman–Crippen LogP) is 0.446. The standard InChI is InChI=1S/C12H18N2O3/c13-12(4-8-16-9-5-12)11(15)14-6-3-10-2-1-7-17-10/h1-2,7H,3-6,8-9,13H2,(H,14,15). The van der Waals surface area contributed by atoms with E-state index < -0.39 is 5.54 Å². The molecule has 3 N–H and O–H groups in total. The minimum absolute atomic E-state index is 0.0904. The summed E-state index contributed by atoms with van der Waals surface area (Å²) in [4.78, 5) is 11.9. The molecule has 0 spiro atoms. The summed E-state index contributed by atoms with van der Waals surface area (Å²) in [5, 5.41) is 2.85. The third-order valence-corrected chi connectivity index (χ3v) is 3.07. The molecule has 1 aliphatic rings. The van der Waals surface area contributed by atoms with Crippen LogP contribution in [0.15, 0.2) is 22.8 Å². The van der Waals surface area contributed by atoms with Gasteiger partial charge in [-0.1, -0.05) is 0 Å². The Bertz CT molecular complexity index is 356. The number of carbonyl (C=O) groups is 1. The fraction of sp³-hybridized carbons (Fsp3) is 0.583. The zero-order valence-corrected chi connectivity index (χ0v) is 9.78. The average Bonchev–Trinajstić information content (AvgIpc) is 2.83. The molecule has 1 saturated heterocycles. The summed E-state index contributed by atoms with van der Waals surface area (Å²) < 4.78 is 10.4. The average molecular weight is 238 g/mol. The molecule has 0 unspecified atom stereocenters. The molecule has 0 bridgehead atoms. The highest BCUT2D eigenvalue weighted by Gasteiger charge is 2.35. The van der Waals surface area contributed by atoms with Crippen LogP contribution in [-0.4, -0.2) is 31.2 Å². The van der Waals surface area contributed by atoms with E-state index in [-0.39, 0.29) is 5.91 Å². The highest BCUT2D eigenvalue weighted by Crippen LogP contribution is 2.17. The van der Waals surface area contributed by atoms with Crippen molar-refractivity contribution >= 4 is 5.91 Å². The van der Waals surface area contributed by atoms with Gasteiger partial charge in [0.15, 0.2) is 0 Å². The van der Waals surface area contributed by atoms with E-state index in [4.69, 9.17) is 14.9 Å².